The standard InChI is InChI=1S/C23H23F3N2O6/c1-22(12-29,20(31)32)28-19(30)18(23(24,25)26)10-27-21(33)34-11-17-15-8-4-2-6-13(15)14-7-3-5-9-16(14)17/h2-9,17-18,29H,10-12H2,1H3,(H,27,33)(H,28,30)(H,31,32). The molecule has 0 bridgehead atoms. The molecule has 0 radical (unpaired) electrons. The molecule has 182 valence electrons. The van der Waals surface area contributed by atoms with Crippen LogP contribution in [-0.2, 0) is 14.3 Å². The van der Waals surface area contributed by atoms with Crippen LogP contribution in [0.1, 0.15) is 24.0 Å². The SMILES string of the molecule is CC(CO)(NC(=O)C(CNC(=O)OCC1c2ccccc2-c2ccccc21)C(F)(F)F)C(=O)O. The zero-order chi connectivity index (χ0) is 25.1. The maximum Gasteiger partial charge on any atom is 0.407 e. The molecule has 2 aromatic rings. The maximum absolute atomic E-state index is 13.4. The summed E-state index contributed by atoms with van der Waals surface area (Å²) in [4.78, 5) is 35.5. The first-order valence-electron chi connectivity index (χ1n) is 10.3. The minimum absolute atomic E-state index is 0.135. The van der Waals surface area contributed by atoms with Crippen molar-refractivity contribution in [3.63, 3.8) is 0 Å². The first-order chi connectivity index (χ1) is 16.0. The second kappa shape index (κ2) is 9.72. The molecule has 2 atom stereocenters. The minimum Gasteiger partial charge on any atom is -0.479 e. The Hall–Kier alpha value is -3.60. The van der Waals surface area contributed by atoms with Crippen LogP contribution in [0.5, 0.6) is 0 Å². The maximum atomic E-state index is 13.4. The third-order valence-corrected chi connectivity index (χ3v) is 5.69. The average Bonchev–Trinajstić information content (AvgIpc) is 3.10. The smallest absolute Gasteiger partial charge is 0.407 e. The van der Waals surface area contributed by atoms with Gasteiger partial charge in [0.1, 0.15) is 6.61 Å². The predicted molar refractivity (Wildman–Crippen MR) is 114 cm³/mol. The number of alkyl carbamates (subject to hydrolysis) is 1. The van der Waals surface area contributed by atoms with Crippen LogP contribution < -0.4 is 10.6 Å². The lowest BCUT2D eigenvalue weighted by Gasteiger charge is -2.27. The molecule has 2 aromatic carbocycles. The monoisotopic (exact) mass is 480 g/mol. The highest BCUT2D eigenvalue weighted by Gasteiger charge is 2.48. The van der Waals surface area contributed by atoms with E-state index in [4.69, 9.17) is 14.9 Å². The fourth-order valence-electron chi connectivity index (χ4n) is 3.71. The van der Waals surface area contributed by atoms with Crippen molar-refractivity contribution in [1.82, 2.24) is 10.6 Å². The molecule has 0 fully saturated rings. The highest BCUT2D eigenvalue weighted by molar-refractivity contribution is 5.88. The van der Waals surface area contributed by atoms with E-state index in [0.717, 1.165) is 29.2 Å². The van der Waals surface area contributed by atoms with Crippen molar-refractivity contribution >= 4 is 18.0 Å². The number of carboxylic acid groups (broad SMARTS) is 1. The molecule has 3 rings (SSSR count). The van der Waals surface area contributed by atoms with Gasteiger partial charge in [0.15, 0.2) is 11.5 Å². The first-order valence-corrected chi connectivity index (χ1v) is 10.3. The fraction of sp³-hybridized carbons (Fsp3) is 0.348. The third kappa shape index (κ3) is 5.14. The van der Waals surface area contributed by atoms with Crippen molar-refractivity contribution in [3.8, 4) is 11.1 Å². The second-order valence-electron chi connectivity index (χ2n) is 8.09. The number of ether oxygens (including phenoxy) is 1. The summed E-state index contributed by atoms with van der Waals surface area (Å²) >= 11 is 0. The van der Waals surface area contributed by atoms with Gasteiger partial charge in [0.05, 0.1) is 6.61 Å². The zero-order valence-electron chi connectivity index (χ0n) is 18.1. The van der Waals surface area contributed by atoms with Crippen LogP contribution in [-0.4, -0.2) is 59.7 Å². The highest BCUT2D eigenvalue weighted by Crippen LogP contribution is 2.44. The van der Waals surface area contributed by atoms with E-state index in [2.05, 4.69) is 0 Å². The Morgan fingerprint density at radius 2 is 1.56 bits per heavy atom. The molecule has 2 amide bonds. The van der Waals surface area contributed by atoms with Gasteiger partial charge in [0.25, 0.3) is 0 Å². The number of rotatable bonds is 8. The summed E-state index contributed by atoms with van der Waals surface area (Å²) in [5, 5.41) is 21.8. The van der Waals surface area contributed by atoms with E-state index in [-0.39, 0.29) is 12.5 Å². The molecule has 34 heavy (non-hydrogen) atoms. The largest absolute Gasteiger partial charge is 0.479 e. The van der Waals surface area contributed by atoms with E-state index >= 15 is 0 Å². The average molecular weight is 480 g/mol. The van der Waals surface area contributed by atoms with E-state index in [1.165, 1.54) is 0 Å². The fourth-order valence-corrected chi connectivity index (χ4v) is 3.71. The lowest BCUT2D eigenvalue weighted by molar-refractivity contribution is -0.184. The number of nitrogens with one attached hydrogen (secondary N) is 2. The topological polar surface area (TPSA) is 125 Å². The number of amides is 2. The Bertz CT molecular complexity index is 1040. The van der Waals surface area contributed by atoms with Gasteiger partial charge >= 0.3 is 18.2 Å². The normalized spacial score (nSPS) is 15.4. The summed E-state index contributed by atoms with van der Waals surface area (Å²) in [5.74, 6) is -6.47. The summed E-state index contributed by atoms with van der Waals surface area (Å²) in [6, 6.07) is 15.0. The van der Waals surface area contributed by atoms with E-state index in [1.54, 1.807) is 5.32 Å². The Kier molecular flexibility index (Phi) is 7.15. The van der Waals surface area contributed by atoms with Gasteiger partial charge in [-0.3, -0.25) is 4.79 Å². The number of alkyl halides is 3. The number of halogens is 3. The van der Waals surface area contributed by atoms with Crippen molar-refractivity contribution in [3.05, 3.63) is 59.7 Å². The Balaban J connectivity index is 1.64. The van der Waals surface area contributed by atoms with Crippen LogP contribution in [0.2, 0.25) is 0 Å². The van der Waals surface area contributed by atoms with Gasteiger partial charge in [-0.15, -0.1) is 0 Å². The molecule has 0 aliphatic heterocycles. The summed E-state index contributed by atoms with van der Waals surface area (Å²) in [7, 11) is 0. The molecule has 0 saturated heterocycles. The van der Waals surface area contributed by atoms with Gasteiger partial charge in [-0.05, 0) is 29.2 Å². The summed E-state index contributed by atoms with van der Waals surface area (Å²) in [6.07, 6.45) is -6.25. The zero-order valence-corrected chi connectivity index (χ0v) is 18.1. The van der Waals surface area contributed by atoms with Crippen LogP contribution in [0, 0.1) is 5.92 Å². The van der Waals surface area contributed by atoms with E-state index in [0.29, 0.717) is 0 Å². The van der Waals surface area contributed by atoms with Crippen molar-refractivity contribution in [1.29, 1.82) is 0 Å². The molecule has 4 N–H and O–H groups in total. The molecule has 8 nitrogen and oxygen atoms in total. The summed E-state index contributed by atoms with van der Waals surface area (Å²) < 4.78 is 45.4. The van der Waals surface area contributed by atoms with Crippen molar-refractivity contribution in [2.45, 2.75) is 24.6 Å². The van der Waals surface area contributed by atoms with Crippen molar-refractivity contribution < 1.29 is 42.5 Å². The summed E-state index contributed by atoms with van der Waals surface area (Å²) in [5.41, 5.74) is 1.48. The van der Waals surface area contributed by atoms with Crippen LogP contribution in [0.15, 0.2) is 48.5 Å². The molecule has 0 heterocycles. The Morgan fingerprint density at radius 3 is 2.03 bits per heavy atom. The molecule has 2 unspecified atom stereocenters. The van der Waals surface area contributed by atoms with Gasteiger partial charge < -0.3 is 25.6 Å². The lowest BCUT2D eigenvalue weighted by Crippen LogP contribution is -2.59. The lowest BCUT2D eigenvalue weighted by atomic mass is 9.98. The third-order valence-electron chi connectivity index (χ3n) is 5.69. The van der Waals surface area contributed by atoms with Crippen molar-refractivity contribution in [2.24, 2.45) is 5.92 Å². The van der Waals surface area contributed by atoms with Crippen LogP contribution >= 0.6 is 0 Å². The number of hydrogen-bond donors (Lipinski definition) is 4. The quantitative estimate of drug-likeness (QED) is 0.461. The molecule has 1 aliphatic rings. The number of aliphatic hydroxyl groups excluding tert-OH is 1. The molecule has 0 spiro atoms. The van der Waals surface area contributed by atoms with Gasteiger partial charge in [-0.25, -0.2) is 9.59 Å². The van der Waals surface area contributed by atoms with E-state index in [1.807, 2.05) is 53.8 Å². The van der Waals surface area contributed by atoms with E-state index in [9.17, 15) is 27.6 Å². The molecular weight excluding hydrogens is 457 g/mol. The molecule has 0 aromatic heterocycles. The van der Waals surface area contributed by atoms with Crippen LogP contribution in [0.3, 0.4) is 0 Å². The van der Waals surface area contributed by atoms with Gasteiger partial charge in [0, 0.05) is 12.5 Å². The molecule has 1 aliphatic carbocycles. The van der Waals surface area contributed by atoms with Gasteiger partial charge in [-0.1, -0.05) is 48.5 Å². The number of carbonyl (C=O) groups excluding carboxylic acids is 2. The van der Waals surface area contributed by atoms with Gasteiger partial charge in [0.2, 0.25) is 5.91 Å². The number of carboxylic acids is 1. The number of fused-ring (bicyclic) bond motifs is 3. The number of carbonyl (C=O) groups is 3. The number of benzene rings is 2. The number of aliphatic hydroxyl groups is 1. The molecule has 0 saturated carbocycles. The second-order valence-corrected chi connectivity index (χ2v) is 8.09. The first kappa shape index (κ1) is 25.0. The molecule has 11 heteroatoms. The highest BCUT2D eigenvalue weighted by atomic mass is 19.4. The number of hydrogen-bond acceptors (Lipinski definition) is 5. The Labute approximate surface area is 192 Å². The van der Waals surface area contributed by atoms with Crippen LogP contribution in [0.4, 0.5) is 18.0 Å². The predicted octanol–water partition coefficient (Wildman–Crippen LogP) is 2.66. The molecular formula is C23H23F3N2O6. The van der Waals surface area contributed by atoms with Crippen LogP contribution in [0.25, 0.3) is 11.1 Å². The van der Waals surface area contributed by atoms with Gasteiger partial charge in [-0.2, -0.15) is 13.2 Å². The van der Waals surface area contributed by atoms with Crippen molar-refractivity contribution in [2.75, 3.05) is 19.8 Å². The summed E-state index contributed by atoms with van der Waals surface area (Å²) in [6.45, 7) is -1.57. The number of aliphatic carboxylic acids is 1. The Morgan fingerprint density at radius 1 is 1.03 bits per heavy atom. The van der Waals surface area contributed by atoms with E-state index < -0.39 is 48.8 Å². The minimum atomic E-state index is -5.09.